The summed E-state index contributed by atoms with van der Waals surface area (Å²) in [6.07, 6.45) is 3.55. The van der Waals surface area contributed by atoms with E-state index < -0.39 is 0 Å². The topological polar surface area (TPSA) is 24.4 Å². The van der Waals surface area contributed by atoms with Gasteiger partial charge in [0.2, 0.25) is 0 Å². The summed E-state index contributed by atoms with van der Waals surface area (Å²) >= 11 is 0. The first-order valence-electron chi connectivity index (χ1n) is 9.38. The van der Waals surface area contributed by atoms with E-state index in [2.05, 4.69) is 76.3 Å². The van der Waals surface area contributed by atoms with Crippen LogP contribution in [0.2, 0.25) is 0 Å². The van der Waals surface area contributed by atoms with Crippen LogP contribution in [0.1, 0.15) is 56.7 Å². The fourth-order valence-corrected chi connectivity index (χ4v) is 3.36. The fourth-order valence-electron chi connectivity index (χ4n) is 3.36. The molecule has 1 N–H and O–H groups in total. The van der Waals surface area contributed by atoms with Gasteiger partial charge < -0.3 is 5.32 Å². The van der Waals surface area contributed by atoms with E-state index >= 15 is 0 Å². The highest BCUT2D eigenvalue weighted by atomic mass is 15.0. The smallest absolute Gasteiger partial charge is 0.102 e. The van der Waals surface area contributed by atoms with Crippen molar-refractivity contribution in [1.29, 1.82) is 0 Å². The van der Waals surface area contributed by atoms with Gasteiger partial charge in [-0.15, -0.1) is 0 Å². The molecule has 2 nitrogen and oxygen atoms in total. The first-order chi connectivity index (χ1) is 11.8. The Morgan fingerprint density at radius 1 is 0.920 bits per heavy atom. The van der Waals surface area contributed by atoms with Crippen LogP contribution in [0.3, 0.4) is 0 Å². The van der Waals surface area contributed by atoms with Gasteiger partial charge in [0.15, 0.2) is 0 Å². The van der Waals surface area contributed by atoms with Crippen molar-refractivity contribution in [2.75, 3.05) is 6.54 Å². The average molecular weight is 335 g/mol. The van der Waals surface area contributed by atoms with E-state index in [1.807, 2.05) is 0 Å². The van der Waals surface area contributed by atoms with Crippen LogP contribution in [0.4, 0.5) is 5.69 Å². The third kappa shape index (κ3) is 4.12. The van der Waals surface area contributed by atoms with Crippen LogP contribution < -0.4 is 5.32 Å². The number of rotatable bonds is 2. The van der Waals surface area contributed by atoms with Gasteiger partial charge in [-0.05, 0) is 72.1 Å². The maximum Gasteiger partial charge on any atom is 0.102 e. The molecular weight excluding hydrogens is 304 g/mol. The van der Waals surface area contributed by atoms with Crippen molar-refractivity contribution in [1.82, 2.24) is 5.32 Å². The van der Waals surface area contributed by atoms with Crippen molar-refractivity contribution < 1.29 is 0 Å². The molecular formula is C23H30N2. The Kier molecular flexibility index (Phi) is 4.99. The maximum atomic E-state index is 4.87. The first-order valence-corrected chi connectivity index (χ1v) is 9.38. The van der Waals surface area contributed by atoms with Crippen molar-refractivity contribution in [3.05, 3.63) is 53.1 Å². The number of nitrogens with one attached hydrogen (secondary N) is 1. The van der Waals surface area contributed by atoms with E-state index in [-0.39, 0.29) is 5.41 Å². The van der Waals surface area contributed by atoms with Gasteiger partial charge in [0.1, 0.15) is 5.84 Å². The van der Waals surface area contributed by atoms with Crippen LogP contribution in [0.25, 0.3) is 11.1 Å². The third-order valence-electron chi connectivity index (χ3n) is 5.03. The molecule has 25 heavy (non-hydrogen) atoms. The number of aliphatic imine (C=N–C) groups is 1. The van der Waals surface area contributed by atoms with E-state index in [1.54, 1.807) is 0 Å². The van der Waals surface area contributed by atoms with Crippen LogP contribution in [0.5, 0.6) is 0 Å². The monoisotopic (exact) mass is 334 g/mol. The van der Waals surface area contributed by atoms with Crippen LogP contribution in [0.15, 0.2) is 41.4 Å². The summed E-state index contributed by atoms with van der Waals surface area (Å²) in [5.41, 5.74) is 7.76. The Balaban J connectivity index is 1.92. The van der Waals surface area contributed by atoms with E-state index in [0.29, 0.717) is 0 Å². The quantitative estimate of drug-likeness (QED) is 0.708. The van der Waals surface area contributed by atoms with E-state index in [1.165, 1.54) is 40.7 Å². The highest BCUT2D eigenvalue weighted by Crippen LogP contribution is 2.32. The second-order valence-corrected chi connectivity index (χ2v) is 8.22. The molecule has 0 amide bonds. The molecule has 0 atom stereocenters. The average Bonchev–Trinajstić information content (AvgIpc) is 2.58. The summed E-state index contributed by atoms with van der Waals surface area (Å²) in [7, 11) is 0. The summed E-state index contributed by atoms with van der Waals surface area (Å²) in [6, 6.07) is 13.5. The van der Waals surface area contributed by atoms with Crippen molar-refractivity contribution >= 4 is 11.5 Å². The predicted octanol–water partition coefficient (Wildman–Crippen LogP) is 6.07. The number of amidine groups is 1. The van der Waals surface area contributed by atoms with Crippen LogP contribution in [-0.2, 0) is 5.41 Å². The normalized spacial score (nSPS) is 16.8. The highest BCUT2D eigenvalue weighted by molar-refractivity contribution is 5.86. The maximum absolute atomic E-state index is 4.87. The fraction of sp³-hybridized carbons (Fsp3) is 0.435. The SMILES string of the molecule is Cc1cc(-c2ccc(C(C)(C)C)cc2)c(C)cc1/N=C1\CCCCN1. The number of benzene rings is 2. The van der Waals surface area contributed by atoms with E-state index in [9.17, 15) is 0 Å². The number of hydrogen-bond acceptors (Lipinski definition) is 1. The molecule has 0 aromatic heterocycles. The Hall–Kier alpha value is -2.09. The van der Waals surface area contributed by atoms with E-state index in [0.717, 1.165) is 24.5 Å². The minimum absolute atomic E-state index is 0.191. The van der Waals surface area contributed by atoms with Gasteiger partial charge in [-0.1, -0.05) is 45.0 Å². The van der Waals surface area contributed by atoms with Gasteiger partial charge in [-0.25, -0.2) is 4.99 Å². The second kappa shape index (κ2) is 7.03. The lowest BCUT2D eigenvalue weighted by Crippen LogP contribution is -2.28. The Morgan fingerprint density at radius 3 is 2.24 bits per heavy atom. The molecule has 1 saturated heterocycles. The molecule has 2 aromatic rings. The summed E-state index contributed by atoms with van der Waals surface area (Å²) in [6.45, 7) is 12.2. The van der Waals surface area contributed by atoms with Gasteiger partial charge in [0.25, 0.3) is 0 Å². The third-order valence-corrected chi connectivity index (χ3v) is 5.03. The zero-order chi connectivity index (χ0) is 18.0. The molecule has 3 rings (SSSR count). The summed E-state index contributed by atoms with van der Waals surface area (Å²) < 4.78 is 0. The number of aryl methyl sites for hydroxylation is 2. The molecule has 1 aliphatic rings. The Bertz CT molecular complexity index is 769. The molecule has 1 fully saturated rings. The summed E-state index contributed by atoms with van der Waals surface area (Å²) in [5, 5.41) is 3.43. The molecule has 0 aliphatic carbocycles. The standard InChI is InChI=1S/C23H30N2/c1-16-15-21(25-22-8-6-7-13-24-22)17(2)14-20(16)18-9-11-19(12-10-18)23(3,4)5/h9-12,14-15H,6-8,13H2,1-5H3,(H,24,25). The summed E-state index contributed by atoms with van der Waals surface area (Å²) in [4.78, 5) is 4.87. The van der Waals surface area contributed by atoms with Crippen molar-refractivity contribution in [2.24, 2.45) is 4.99 Å². The molecule has 0 saturated carbocycles. The molecule has 1 heterocycles. The zero-order valence-electron chi connectivity index (χ0n) is 16.2. The van der Waals surface area contributed by atoms with Gasteiger partial charge in [-0.2, -0.15) is 0 Å². The van der Waals surface area contributed by atoms with Gasteiger partial charge in [0.05, 0.1) is 5.69 Å². The lowest BCUT2D eigenvalue weighted by Gasteiger charge is -2.20. The molecule has 2 heteroatoms. The number of piperidine rings is 1. The molecule has 132 valence electrons. The Morgan fingerprint density at radius 2 is 1.64 bits per heavy atom. The lowest BCUT2D eigenvalue weighted by atomic mass is 9.86. The van der Waals surface area contributed by atoms with Crippen molar-refractivity contribution in [3.8, 4) is 11.1 Å². The van der Waals surface area contributed by atoms with Crippen LogP contribution in [-0.4, -0.2) is 12.4 Å². The van der Waals surface area contributed by atoms with Crippen LogP contribution in [0, 0.1) is 13.8 Å². The molecule has 0 radical (unpaired) electrons. The largest absolute Gasteiger partial charge is 0.374 e. The van der Waals surface area contributed by atoms with Gasteiger partial charge >= 0.3 is 0 Å². The van der Waals surface area contributed by atoms with Crippen molar-refractivity contribution in [2.45, 2.75) is 59.3 Å². The minimum Gasteiger partial charge on any atom is -0.374 e. The lowest BCUT2D eigenvalue weighted by molar-refractivity contribution is 0.590. The molecule has 0 bridgehead atoms. The van der Waals surface area contributed by atoms with Crippen LogP contribution >= 0.6 is 0 Å². The molecule has 0 unspecified atom stereocenters. The minimum atomic E-state index is 0.191. The summed E-state index contributed by atoms with van der Waals surface area (Å²) in [5.74, 6) is 1.14. The highest BCUT2D eigenvalue weighted by Gasteiger charge is 2.14. The second-order valence-electron chi connectivity index (χ2n) is 8.22. The number of hydrogen-bond donors (Lipinski definition) is 1. The number of nitrogens with zero attached hydrogens (tertiary/aromatic N) is 1. The molecule has 2 aromatic carbocycles. The van der Waals surface area contributed by atoms with E-state index in [4.69, 9.17) is 4.99 Å². The van der Waals surface area contributed by atoms with Crippen molar-refractivity contribution in [3.63, 3.8) is 0 Å². The zero-order valence-corrected chi connectivity index (χ0v) is 16.2. The first kappa shape index (κ1) is 17.7. The Labute approximate surface area is 152 Å². The van der Waals surface area contributed by atoms with Gasteiger partial charge in [-0.3, -0.25) is 0 Å². The molecule has 1 aliphatic heterocycles. The predicted molar refractivity (Wildman–Crippen MR) is 109 cm³/mol. The molecule has 0 spiro atoms. The van der Waals surface area contributed by atoms with Gasteiger partial charge in [0, 0.05) is 13.0 Å².